The van der Waals surface area contributed by atoms with E-state index in [4.69, 9.17) is 9.47 Å². The van der Waals surface area contributed by atoms with Crippen molar-refractivity contribution in [2.45, 2.75) is 39.4 Å². The molecule has 0 radical (unpaired) electrons. The lowest BCUT2D eigenvalue weighted by atomic mass is 9.95. The summed E-state index contributed by atoms with van der Waals surface area (Å²) in [5, 5.41) is 4.66. The number of amides is 1. The SMILES string of the molecule is Cc1nn(-c2ccccc2)c(C)c1CC(=O)N1CCC(C2OCCO2)CC1. The average molecular weight is 369 g/mol. The summed E-state index contributed by atoms with van der Waals surface area (Å²) in [5.74, 6) is 0.585. The number of hydrogen-bond donors (Lipinski definition) is 0. The Morgan fingerprint density at radius 1 is 1.11 bits per heavy atom. The first-order chi connectivity index (χ1) is 13.1. The lowest BCUT2D eigenvalue weighted by Crippen LogP contribution is -2.42. The predicted octanol–water partition coefficient (Wildman–Crippen LogP) is 2.64. The summed E-state index contributed by atoms with van der Waals surface area (Å²) < 4.78 is 13.2. The quantitative estimate of drug-likeness (QED) is 0.831. The molecular formula is C21H27N3O3. The molecule has 0 atom stereocenters. The van der Waals surface area contributed by atoms with E-state index in [2.05, 4.69) is 5.10 Å². The van der Waals surface area contributed by atoms with E-state index in [-0.39, 0.29) is 12.2 Å². The summed E-state index contributed by atoms with van der Waals surface area (Å²) in [6, 6.07) is 10.0. The fourth-order valence-corrected chi connectivity index (χ4v) is 4.08. The van der Waals surface area contributed by atoms with Crippen LogP contribution in [0.15, 0.2) is 30.3 Å². The normalized spacial score (nSPS) is 19.0. The van der Waals surface area contributed by atoms with Crippen LogP contribution in [0.25, 0.3) is 5.69 Å². The predicted molar refractivity (Wildman–Crippen MR) is 102 cm³/mol. The van der Waals surface area contributed by atoms with Crippen LogP contribution in [-0.2, 0) is 20.7 Å². The molecule has 0 aliphatic carbocycles. The molecule has 2 aliphatic rings. The summed E-state index contributed by atoms with van der Waals surface area (Å²) in [7, 11) is 0. The van der Waals surface area contributed by atoms with Gasteiger partial charge in [-0.15, -0.1) is 0 Å². The minimum absolute atomic E-state index is 0.0733. The molecule has 0 spiro atoms. The van der Waals surface area contributed by atoms with Crippen molar-refractivity contribution in [3.63, 3.8) is 0 Å². The Morgan fingerprint density at radius 3 is 2.44 bits per heavy atom. The molecule has 2 aliphatic heterocycles. The summed E-state index contributed by atoms with van der Waals surface area (Å²) in [5.41, 5.74) is 4.02. The van der Waals surface area contributed by atoms with Crippen LogP contribution < -0.4 is 0 Å². The van der Waals surface area contributed by atoms with Gasteiger partial charge >= 0.3 is 0 Å². The first-order valence-corrected chi connectivity index (χ1v) is 9.75. The molecule has 2 aromatic rings. The van der Waals surface area contributed by atoms with E-state index in [0.717, 1.165) is 48.6 Å². The number of para-hydroxylation sites is 1. The molecule has 6 nitrogen and oxygen atoms in total. The molecule has 0 N–H and O–H groups in total. The maximum Gasteiger partial charge on any atom is 0.227 e. The van der Waals surface area contributed by atoms with Crippen molar-refractivity contribution < 1.29 is 14.3 Å². The van der Waals surface area contributed by atoms with Crippen LogP contribution >= 0.6 is 0 Å². The van der Waals surface area contributed by atoms with Gasteiger partial charge in [-0.25, -0.2) is 4.68 Å². The Bertz CT molecular complexity index is 789. The molecule has 4 rings (SSSR count). The number of nitrogens with zero attached hydrogens (tertiary/aromatic N) is 3. The zero-order valence-electron chi connectivity index (χ0n) is 16.1. The summed E-state index contributed by atoms with van der Waals surface area (Å²) in [6.07, 6.45) is 2.22. The van der Waals surface area contributed by atoms with E-state index in [1.807, 2.05) is 53.8 Å². The molecule has 1 aromatic carbocycles. The molecule has 1 aromatic heterocycles. The summed E-state index contributed by atoms with van der Waals surface area (Å²) in [6.45, 7) is 6.95. The van der Waals surface area contributed by atoms with Gasteiger partial charge in [0.25, 0.3) is 0 Å². The van der Waals surface area contributed by atoms with E-state index in [1.54, 1.807) is 0 Å². The second-order valence-electron chi connectivity index (χ2n) is 7.40. The number of aromatic nitrogens is 2. The van der Waals surface area contributed by atoms with Gasteiger partial charge in [-0.3, -0.25) is 4.79 Å². The van der Waals surface area contributed by atoms with Crippen molar-refractivity contribution in [1.29, 1.82) is 0 Å². The Hall–Kier alpha value is -2.18. The molecule has 27 heavy (non-hydrogen) atoms. The van der Waals surface area contributed by atoms with Gasteiger partial charge in [0, 0.05) is 30.3 Å². The number of carbonyl (C=O) groups excluding carboxylic acids is 1. The van der Waals surface area contributed by atoms with Gasteiger partial charge in [0.2, 0.25) is 5.91 Å². The number of benzene rings is 1. The van der Waals surface area contributed by atoms with Crippen LogP contribution in [-0.4, -0.2) is 53.2 Å². The lowest BCUT2D eigenvalue weighted by molar-refractivity contribution is -0.136. The zero-order valence-corrected chi connectivity index (χ0v) is 16.1. The van der Waals surface area contributed by atoms with Crippen LogP contribution in [0.4, 0.5) is 0 Å². The number of carbonyl (C=O) groups is 1. The number of ether oxygens (including phenoxy) is 2. The Kier molecular flexibility index (Phi) is 5.27. The van der Waals surface area contributed by atoms with Gasteiger partial charge in [0.1, 0.15) is 0 Å². The van der Waals surface area contributed by atoms with Gasteiger partial charge in [-0.1, -0.05) is 18.2 Å². The van der Waals surface area contributed by atoms with E-state index < -0.39 is 0 Å². The number of piperidine rings is 1. The molecule has 0 unspecified atom stereocenters. The van der Waals surface area contributed by atoms with Gasteiger partial charge in [0.05, 0.1) is 31.0 Å². The van der Waals surface area contributed by atoms with Gasteiger partial charge in [0.15, 0.2) is 6.29 Å². The van der Waals surface area contributed by atoms with Crippen LogP contribution in [0.5, 0.6) is 0 Å². The van der Waals surface area contributed by atoms with Gasteiger partial charge in [-0.05, 0) is 38.8 Å². The van der Waals surface area contributed by atoms with E-state index in [1.165, 1.54) is 0 Å². The van der Waals surface area contributed by atoms with Crippen molar-refractivity contribution in [3.8, 4) is 5.69 Å². The highest BCUT2D eigenvalue weighted by molar-refractivity contribution is 5.79. The zero-order chi connectivity index (χ0) is 18.8. The minimum Gasteiger partial charge on any atom is -0.350 e. The minimum atomic E-state index is -0.0733. The van der Waals surface area contributed by atoms with E-state index >= 15 is 0 Å². The largest absolute Gasteiger partial charge is 0.350 e. The van der Waals surface area contributed by atoms with E-state index in [9.17, 15) is 4.79 Å². The highest BCUT2D eigenvalue weighted by Gasteiger charge is 2.32. The fourth-order valence-electron chi connectivity index (χ4n) is 4.08. The maximum atomic E-state index is 12.9. The first kappa shape index (κ1) is 18.2. The molecule has 144 valence electrons. The summed E-state index contributed by atoms with van der Waals surface area (Å²) >= 11 is 0. The third-order valence-corrected chi connectivity index (χ3v) is 5.69. The molecular weight excluding hydrogens is 342 g/mol. The molecule has 3 heterocycles. The third-order valence-electron chi connectivity index (χ3n) is 5.69. The van der Waals surface area contributed by atoms with Crippen LogP contribution in [0.3, 0.4) is 0 Å². The molecule has 2 saturated heterocycles. The monoisotopic (exact) mass is 369 g/mol. The van der Waals surface area contributed by atoms with Gasteiger partial charge < -0.3 is 14.4 Å². The van der Waals surface area contributed by atoms with Crippen LogP contribution in [0, 0.1) is 19.8 Å². The number of rotatable bonds is 4. The van der Waals surface area contributed by atoms with Crippen molar-refractivity contribution in [1.82, 2.24) is 14.7 Å². The molecule has 6 heteroatoms. The standard InChI is InChI=1S/C21H27N3O3/c1-15-19(16(2)24(22-15)18-6-4-3-5-7-18)14-20(25)23-10-8-17(9-11-23)21-26-12-13-27-21/h3-7,17,21H,8-14H2,1-2H3. The molecule has 0 bridgehead atoms. The van der Waals surface area contributed by atoms with E-state index in [0.29, 0.717) is 25.6 Å². The molecule has 1 amide bonds. The smallest absolute Gasteiger partial charge is 0.227 e. The topological polar surface area (TPSA) is 56.6 Å². The number of likely N-dealkylation sites (tertiary alicyclic amines) is 1. The molecule has 0 saturated carbocycles. The first-order valence-electron chi connectivity index (χ1n) is 9.75. The maximum absolute atomic E-state index is 12.9. The highest BCUT2D eigenvalue weighted by atomic mass is 16.7. The van der Waals surface area contributed by atoms with Gasteiger partial charge in [-0.2, -0.15) is 5.10 Å². The van der Waals surface area contributed by atoms with Crippen molar-refractivity contribution in [3.05, 3.63) is 47.3 Å². The Morgan fingerprint density at radius 2 is 1.78 bits per heavy atom. The lowest BCUT2D eigenvalue weighted by Gasteiger charge is -2.34. The van der Waals surface area contributed by atoms with Crippen LogP contribution in [0.1, 0.15) is 29.8 Å². The Labute approximate surface area is 160 Å². The second-order valence-corrected chi connectivity index (χ2v) is 7.40. The van der Waals surface area contributed by atoms with Crippen LogP contribution in [0.2, 0.25) is 0 Å². The number of hydrogen-bond acceptors (Lipinski definition) is 4. The van der Waals surface area contributed by atoms with Crippen molar-refractivity contribution in [2.24, 2.45) is 5.92 Å². The fraction of sp³-hybridized carbons (Fsp3) is 0.524. The Balaban J connectivity index is 1.41. The third kappa shape index (κ3) is 3.77. The summed E-state index contributed by atoms with van der Waals surface area (Å²) in [4.78, 5) is 14.8. The second kappa shape index (κ2) is 7.82. The number of aryl methyl sites for hydroxylation is 1. The highest BCUT2D eigenvalue weighted by Crippen LogP contribution is 2.26. The average Bonchev–Trinajstić information content (AvgIpc) is 3.33. The van der Waals surface area contributed by atoms with Crippen molar-refractivity contribution in [2.75, 3.05) is 26.3 Å². The molecule has 2 fully saturated rings. The van der Waals surface area contributed by atoms with Crippen molar-refractivity contribution >= 4 is 5.91 Å².